The van der Waals surface area contributed by atoms with Crippen molar-refractivity contribution in [2.75, 3.05) is 4.72 Å². The van der Waals surface area contributed by atoms with Crippen LogP contribution < -0.4 is 4.72 Å². The fraction of sp³-hybridized carbons (Fsp3) is 0.0870. The first kappa shape index (κ1) is 20.3. The Morgan fingerprint density at radius 2 is 1.72 bits per heavy atom. The predicted molar refractivity (Wildman–Crippen MR) is 124 cm³/mol. The Kier molecular flexibility index (Phi) is 5.20. The normalized spacial score (nSPS) is 11.7. The van der Waals surface area contributed by atoms with Crippen LogP contribution in [-0.4, -0.2) is 23.6 Å². The minimum absolute atomic E-state index is 0.128. The van der Waals surface area contributed by atoms with Crippen molar-refractivity contribution in [1.29, 1.82) is 0 Å². The zero-order chi connectivity index (χ0) is 22.1. The average Bonchev–Trinajstić information content (AvgIpc) is 3.39. The number of hydrogen-bond acceptors (Lipinski definition) is 7. The molecule has 0 unspecified atom stereocenters. The monoisotopic (exact) mass is 462 g/mol. The minimum Gasteiger partial charge on any atom is -0.407 e. The molecule has 0 aliphatic rings. The van der Waals surface area contributed by atoms with Crippen LogP contribution >= 0.6 is 11.3 Å². The summed E-state index contributed by atoms with van der Waals surface area (Å²) in [6.07, 6.45) is 0.319. The van der Waals surface area contributed by atoms with Crippen molar-refractivity contribution in [3.05, 3.63) is 89.3 Å². The first-order valence-corrected chi connectivity index (χ1v) is 12.1. The first-order valence-electron chi connectivity index (χ1n) is 9.83. The molecule has 0 atom stereocenters. The van der Waals surface area contributed by atoms with Crippen molar-refractivity contribution >= 4 is 37.6 Å². The summed E-state index contributed by atoms with van der Waals surface area (Å²) in [7, 11) is -3.80. The van der Waals surface area contributed by atoms with Gasteiger partial charge in [0.1, 0.15) is 5.01 Å². The molecule has 0 saturated heterocycles. The summed E-state index contributed by atoms with van der Waals surface area (Å²) in [6, 6.07) is 22.6. The molecule has 5 rings (SSSR count). The van der Waals surface area contributed by atoms with Gasteiger partial charge < -0.3 is 4.42 Å². The summed E-state index contributed by atoms with van der Waals surface area (Å²) in [5, 5.41) is 8.59. The maximum Gasteiger partial charge on any atom is 0.329 e. The molecule has 160 valence electrons. The largest absolute Gasteiger partial charge is 0.407 e. The van der Waals surface area contributed by atoms with Crippen molar-refractivity contribution < 1.29 is 12.8 Å². The number of aromatic nitrogens is 3. The van der Waals surface area contributed by atoms with Gasteiger partial charge in [-0.15, -0.1) is 16.4 Å². The number of thiazole rings is 1. The van der Waals surface area contributed by atoms with Crippen molar-refractivity contribution in [1.82, 2.24) is 15.2 Å². The lowest BCUT2D eigenvalue weighted by Crippen LogP contribution is -2.13. The summed E-state index contributed by atoms with van der Waals surface area (Å²) < 4.78 is 33.9. The maximum atomic E-state index is 12.5. The van der Waals surface area contributed by atoms with Gasteiger partial charge in [-0.1, -0.05) is 59.2 Å². The molecule has 0 amide bonds. The van der Waals surface area contributed by atoms with E-state index in [1.54, 1.807) is 23.5 Å². The zero-order valence-corrected chi connectivity index (χ0v) is 18.7. The number of nitrogens with zero attached hydrogens (tertiary/aromatic N) is 3. The van der Waals surface area contributed by atoms with Crippen LogP contribution in [0.15, 0.2) is 82.1 Å². The lowest BCUT2D eigenvalue weighted by molar-refractivity contribution is 0.520. The van der Waals surface area contributed by atoms with Gasteiger partial charge in [0.2, 0.25) is 5.89 Å². The summed E-state index contributed by atoms with van der Waals surface area (Å²) >= 11 is 1.54. The Morgan fingerprint density at radius 1 is 0.938 bits per heavy atom. The highest BCUT2D eigenvalue weighted by Gasteiger charge is 2.18. The first-order chi connectivity index (χ1) is 15.5. The molecule has 32 heavy (non-hydrogen) atoms. The van der Waals surface area contributed by atoms with Crippen LogP contribution in [0.3, 0.4) is 0 Å². The molecular weight excluding hydrogens is 444 g/mol. The van der Waals surface area contributed by atoms with Gasteiger partial charge in [0.15, 0.2) is 0 Å². The third-order valence-corrected chi connectivity index (χ3v) is 7.22. The van der Waals surface area contributed by atoms with Crippen LogP contribution in [-0.2, 0) is 16.4 Å². The Morgan fingerprint density at radius 3 is 2.50 bits per heavy atom. The molecular formula is C23H18N4O3S2. The van der Waals surface area contributed by atoms with Gasteiger partial charge in [-0.25, -0.2) is 18.1 Å². The second kappa shape index (κ2) is 8.18. The summed E-state index contributed by atoms with van der Waals surface area (Å²) in [5.74, 6) is 0.286. The van der Waals surface area contributed by atoms with Crippen LogP contribution in [0.4, 0.5) is 6.01 Å². The minimum atomic E-state index is -3.80. The van der Waals surface area contributed by atoms with Crippen LogP contribution in [0, 0.1) is 6.92 Å². The number of benzene rings is 3. The molecule has 0 spiro atoms. The van der Waals surface area contributed by atoms with Gasteiger partial charge in [-0.3, -0.25) is 0 Å². The lowest BCUT2D eigenvalue weighted by atomic mass is 10.1. The number of anilines is 1. The van der Waals surface area contributed by atoms with E-state index in [1.807, 2.05) is 37.3 Å². The molecule has 0 aliphatic heterocycles. The quantitative estimate of drug-likeness (QED) is 0.379. The molecule has 0 saturated carbocycles. The standard InChI is InChI=1S/C23H18N4O3S2/c1-15-7-10-18(11-8-15)32(28,29)27-23-26-25-21(30-23)14-22-24-19-12-9-17(13-20(19)31-22)16-5-3-2-4-6-16/h2-13H,14H2,1H3,(H,26,27). The molecule has 7 nitrogen and oxygen atoms in total. The van der Waals surface area contributed by atoms with Gasteiger partial charge in [0.25, 0.3) is 10.0 Å². The number of aryl methyl sites for hydroxylation is 1. The number of sulfonamides is 1. The number of hydrogen-bond donors (Lipinski definition) is 1. The molecule has 2 aromatic heterocycles. The van der Waals surface area contributed by atoms with Crippen molar-refractivity contribution in [3.63, 3.8) is 0 Å². The van der Waals surface area contributed by atoms with Gasteiger partial charge in [0, 0.05) is 0 Å². The highest BCUT2D eigenvalue weighted by Crippen LogP contribution is 2.29. The fourth-order valence-electron chi connectivity index (χ4n) is 3.25. The van der Waals surface area contributed by atoms with E-state index in [0.717, 1.165) is 31.9 Å². The molecule has 2 heterocycles. The van der Waals surface area contributed by atoms with Gasteiger partial charge >= 0.3 is 6.01 Å². The molecule has 5 aromatic rings. The Hall–Kier alpha value is -3.56. The second-order valence-electron chi connectivity index (χ2n) is 7.25. The molecule has 0 bridgehead atoms. The van der Waals surface area contributed by atoms with Crippen molar-refractivity contribution in [2.24, 2.45) is 0 Å². The van der Waals surface area contributed by atoms with Gasteiger partial charge in [-0.05, 0) is 42.3 Å². The summed E-state index contributed by atoms with van der Waals surface area (Å²) in [5.41, 5.74) is 4.13. The Balaban J connectivity index is 1.33. The SMILES string of the molecule is Cc1ccc(S(=O)(=O)Nc2nnc(Cc3nc4ccc(-c5ccccc5)cc4s3)o2)cc1. The van der Waals surface area contributed by atoms with Crippen LogP contribution in [0.2, 0.25) is 0 Å². The van der Waals surface area contributed by atoms with Gasteiger partial charge in [0.05, 0.1) is 21.5 Å². The van der Waals surface area contributed by atoms with Crippen LogP contribution in [0.1, 0.15) is 16.5 Å². The zero-order valence-electron chi connectivity index (χ0n) is 17.0. The summed E-state index contributed by atoms with van der Waals surface area (Å²) in [6.45, 7) is 1.89. The smallest absolute Gasteiger partial charge is 0.329 e. The van der Waals surface area contributed by atoms with E-state index in [0.29, 0.717) is 6.42 Å². The van der Waals surface area contributed by atoms with E-state index < -0.39 is 10.0 Å². The Labute approximate surface area is 188 Å². The van der Waals surface area contributed by atoms with Crippen molar-refractivity contribution in [3.8, 4) is 11.1 Å². The molecule has 9 heteroatoms. The van der Waals surface area contributed by atoms with E-state index in [4.69, 9.17) is 4.42 Å². The number of fused-ring (bicyclic) bond motifs is 1. The van der Waals surface area contributed by atoms with E-state index in [-0.39, 0.29) is 16.8 Å². The lowest BCUT2D eigenvalue weighted by Gasteiger charge is -2.03. The second-order valence-corrected chi connectivity index (χ2v) is 10.1. The Bertz CT molecular complexity index is 1490. The maximum absolute atomic E-state index is 12.5. The summed E-state index contributed by atoms with van der Waals surface area (Å²) in [4.78, 5) is 4.76. The van der Waals surface area contributed by atoms with Gasteiger partial charge in [-0.2, -0.15) is 0 Å². The van der Waals surface area contributed by atoms with Crippen LogP contribution in [0.5, 0.6) is 0 Å². The highest BCUT2D eigenvalue weighted by atomic mass is 32.2. The van der Waals surface area contributed by atoms with Crippen LogP contribution in [0.25, 0.3) is 21.3 Å². The fourth-order valence-corrected chi connectivity index (χ4v) is 5.17. The molecule has 3 aromatic carbocycles. The van der Waals surface area contributed by atoms with Crippen molar-refractivity contribution in [2.45, 2.75) is 18.2 Å². The van der Waals surface area contributed by atoms with E-state index in [1.165, 1.54) is 12.1 Å². The van der Waals surface area contributed by atoms with E-state index in [2.05, 4.69) is 38.1 Å². The van der Waals surface area contributed by atoms with E-state index >= 15 is 0 Å². The highest BCUT2D eigenvalue weighted by molar-refractivity contribution is 7.92. The molecule has 0 radical (unpaired) electrons. The number of rotatable bonds is 6. The topological polar surface area (TPSA) is 98.0 Å². The van der Waals surface area contributed by atoms with E-state index in [9.17, 15) is 8.42 Å². The number of nitrogens with one attached hydrogen (secondary N) is 1. The molecule has 0 fully saturated rings. The average molecular weight is 463 g/mol. The third-order valence-electron chi connectivity index (χ3n) is 4.86. The molecule has 0 aliphatic carbocycles. The molecule has 1 N–H and O–H groups in total. The third kappa shape index (κ3) is 4.25. The predicted octanol–water partition coefficient (Wildman–Crippen LogP) is 5.05.